The molecule has 0 bridgehead atoms. The molecule has 2 aromatic rings. The van der Waals surface area contributed by atoms with Gasteiger partial charge in [0.1, 0.15) is 17.1 Å². The standard InChI is InChI=1S/C15H19N3O2/c1-20-12-9-5-4-8-11(12)18-15(19)13(16)14(17-18)10-6-2-3-7-10/h4-5,8-10,17H,2-3,6-7,16H2,1H3. The lowest BCUT2D eigenvalue weighted by Crippen LogP contribution is -2.17. The van der Waals surface area contributed by atoms with Gasteiger partial charge in [0, 0.05) is 5.92 Å². The lowest BCUT2D eigenvalue weighted by Gasteiger charge is -2.09. The van der Waals surface area contributed by atoms with Crippen molar-refractivity contribution >= 4 is 5.69 Å². The summed E-state index contributed by atoms with van der Waals surface area (Å²) in [6.45, 7) is 0. The molecule has 0 unspecified atom stereocenters. The second kappa shape index (κ2) is 5.07. The van der Waals surface area contributed by atoms with Crippen LogP contribution in [0.3, 0.4) is 0 Å². The minimum Gasteiger partial charge on any atom is -0.494 e. The van der Waals surface area contributed by atoms with Gasteiger partial charge in [-0.15, -0.1) is 0 Å². The number of methoxy groups -OCH3 is 1. The first-order valence-electron chi connectivity index (χ1n) is 6.96. The number of hydrogen-bond acceptors (Lipinski definition) is 3. The number of rotatable bonds is 3. The Labute approximate surface area is 117 Å². The van der Waals surface area contributed by atoms with E-state index in [0.717, 1.165) is 18.5 Å². The maximum Gasteiger partial charge on any atom is 0.294 e. The first kappa shape index (κ1) is 12.8. The Kier molecular flexibility index (Phi) is 3.26. The fourth-order valence-electron chi connectivity index (χ4n) is 2.98. The van der Waals surface area contributed by atoms with Crippen molar-refractivity contribution in [2.45, 2.75) is 31.6 Å². The number of aromatic amines is 1. The van der Waals surface area contributed by atoms with E-state index >= 15 is 0 Å². The molecule has 0 spiro atoms. The molecule has 5 heteroatoms. The summed E-state index contributed by atoms with van der Waals surface area (Å²) < 4.78 is 6.80. The van der Waals surface area contributed by atoms with Gasteiger partial charge < -0.3 is 10.5 Å². The van der Waals surface area contributed by atoms with Crippen molar-refractivity contribution in [3.8, 4) is 11.4 Å². The molecular weight excluding hydrogens is 254 g/mol. The van der Waals surface area contributed by atoms with Gasteiger partial charge in [-0.1, -0.05) is 25.0 Å². The van der Waals surface area contributed by atoms with E-state index in [0.29, 0.717) is 23.0 Å². The highest BCUT2D eigenvalue weighted by Gasteiger charge is 2.24. The highest BCUT2D eigenvalue weighted by atomic mass is 16.5. The minimum absolute atomic E-state index is 0.198. The van der Waals surface area contributed by atoms with Crippen LogP contribution in [0.2, 0.25) is 0 Å². The summed E-state index contributed by atoms with van der Waals surface area (Å²) in [5, 5.41) is 3.18. The number of nitrogens with two attached hydrogens (primary N) is 1. The fourth-order valence-corrected chi connectivity index (χ4v) is 2.98. The molecule has 3 N–H and O–H groups in total. The summed E-state index contributed by atoms with van der Waals surface area (Å²) in [6.07, 6.45) is 4.59. The Morgan fingerprint density at radius 1 is 1.30 bits per heavy atom. The third-order valence-corrected chi connectivity index (χ3v) is 4.05. The van der Waals surface area contributed by atoms with Crippen LogP contribution < -0.4 is 16.0 Å². The van der Waals surface area contributed by atoms with E-state index in [1.54, 1.807) is 7.11 Å². The van der Waals surface area contributed by atoms with Gasteiger partial charge in [0.15, 0.2) is 0 Å². The van der Waals surface area contributed by atoms with E-state index in [4.69, 9.17) is 10.5 Å². The average molecular weight is 273 g/mol. The van der Waals surface area contributed by atoms with Crippen molar-refractivity contribution in [2.24, 2.45) is 0 Å². The van der Waals surface area contributed by atoms with Crippen molar-refractivity contribution in [1.29, 1.82) is 0 Å². The molecule has 0 amide bonds. The van der Waals surface area contributed by atoms with Crippen LogP contribution in [0.1, 0.15) is 37.3 Å². The Hall–Kier alpha value is -2.17. The van der Waals surface area contributed by atoms with Crippen LogP contribution in [0.15, 0.2) is 29.1 Å². The number of H-pyrrole nitrogens is 1. The number of anilines is 1. The van der Waals surface area contributed by atoms with E-state index in [-0.39, 0.29) is 5.56 Å². The maximum absolute atomic E-state index is 12.4. The summed E-state index contributed by atoms with van der Waals surface area (Å²) >= 11 is 0. The summed E-state index contributed by atoms with van der Waals surface area (Å²) in [6, 6.07) is 7.41. The van der Waals surface area contributed by atoms with Gasteiger partial charge in [0.2, 0.25) is 0 Å². The van der Waals surface area contributed by atoms with Crippen molar-refractivity contribution in [2.75, 3.05) is 12.8 Å². The minimum atomic E-state index is -0.198. The molecule has 0 aliphatic heterocycles. The fraction of sp³-hybridized carbons (Fsp3) is 0.400. The van der Waals surface area contributed by atoms with E-state index in [1.807, 2.05) is 24.3 Å². The van der Waals surface area contributed by atoms with Gasteiger partial charge >= 0.3 is 0 Å². The number of nitrogens with zero attached hydrogens (tertiary/aromatic N) is 1. The number of aromatic nitrogens is 2. The quantitative estimate of drug-likeness (QED) is 0.902. The van der Waals surface area contributed by atoms with Crippen LogP contribution in [0.25, 0.3) is 5.69 Å². The van der Waals surface area contributed by atoms with Crippen LogP contribution in [-0.2, 0) is 0 Å². The summed E-state index contributed by atoms with van der Waals surface area (Å²) in [5.41, 5.74) is 7.71. The molecule has 0 radical (unpaired) electrons. The highest BCUT2D eigenvalue weighted by Crippen LogP contribution is 2.35. The smallest absolute Gasteiger partial charge is 0.294 e. The zero-order chi connectivity index (χ0) is 14.1. The largest absolute Gasteiger partial charge is 0.494 e. The molecule has 1 saturated carbocycles. The topological polar surface area (TPSA) is 73.0 Å². The molecule has 106 valence electrons. The molecule has 0 atom stereocenters. The van der Waals surface area contributed by atoms with Crippen molar-refractivity contribution in [3.05, 3.63) is 40.3 Å². The molecular formula is C15H19N3O2. The SMILES string of the molecule is COc1ccccc1-n1[nH]c(C2CCCC2)c(N)c1=O. The van der Waals surface area contributed by atoms with Crippen molar-refractivity contribution < 1.29 is 4.74 Å². The van der Waals surface area contributed by atoms with Gasteiger partial charge in [-0.05, 0) is 25.0 Å². The van der Waals surface area contributed by atoms with Gasteiger partial charge in [0.05, 0.1) is 12.8 Å². The third kappa shape index (κ3) is 1.99. The third-order valence-electron chi connectivity index (χ3n) is 4.05. The lowest BCUT2D eigenvalue weighted by molar-refractivity contribution is 0.411. The second-order valence-electron chi connectivity index (χ2n) is 5.23. The number of hydrogen-bond donors (Lipinski definition) is 2. The van der Waals surface area contributed by atoms with Gasteiger partial charge in [-0.25, -0.2) is 4.68 Å². The molecule has 5 nitrogen and oxygen atoms in total. The number of ether oxygens (including phenoxy) is 1. The summed E-state index contributed by atoms with van der Waals surface area (Å²) in [7, 11) is 1.59. The molecule has 1 aromatic carbocycles. The zero-order valence-corrected chi connectivity index (χ0v) is 11.6. The van der Waals surface area contributed by atoms with Gasteiger partial charge in [0.25, 0.3) is 5.56 Å². The highest BCUT2D eigenvalue weighted by molar-refractivity contribution is 5.51. The normalized spacial score (nSPS) is 15.7. The number of para-hydroxylation sites is 2. The van der Waals surface area contributed by atoms with Crippen LogP contribution in [0.4, 0.5) is 5.69 Å². The monoisotopic (exact) mass is 273 g/mol. The van der Waals surface area contributed by atoms with Crippen LogP contribution in [-0.4, -0.2) is 16.9 Å². The molecule has 0 saturated heterocycles. The molecule has 3 rings (SSSR count). The second-order valence-corrected chi connectivity index (χ2v) is 5.23. The Balaban J connectivity index is 2.10. The van der Waals surface area contributed by atoms with E-state index in [2.05, 4.69) is 5.10 Å². The molecule has 1 aliphatic rings. The predicted octanol–water partition coefficient (Wildman–Crippen LogP) is 2.41. The number of nitrogens with one attached hydrogen (secondary N) is 1. The van der Waals surface area contributed by atoms with E-state index in [1.165, 1.54) is 17.5 Å². The van der Waals surface area contributed by atoms with Crippen LogP contribution >= 0.6 is 0 Å². The van der Waals surface area contributed by atoms with E-state index in [9.17, 15) is 4.79 Å². The zero-order valence-electron chi connectivity index (χ0n) is 11.6. The molecule has 20 heavy (non-hydrogen) atoms. The van der Waals surface area contributed by atoms with Crippen LogP contribution in [0, 0.1) is 0 Å². The number of benzene rings is 1. The Bertz CT molecular complexity index is 666. The first-order chi connectivity index (χ1) is 9.72. The summed E-state index contributed by atoms with van der Waals surface area (Å²) in [4.78, 5) is 12.4. The van der Waals surface area contributed by atoms with E-state index < -0.39 is 0 Å². The molecule has 1 aliphatic carbocycles. The predicted molar refractivity (Wildman–Crippen MR) is 78.6 cm³/mol. The van der Waals surface area contributed by atoms with Gasteiger partial charge in [-0.2, -0.15) is 0 Å². The lowest BCUT2D eigenvalue weighted by atomic mass is 10.0. The average Bonchev–Trinajstić information content (AvgIpc) is 3.09. The molecule has 1 fully saturated rings. The Morgan fingerprint density at radius 2 is 2.00 bits per heavy atom. The molecule has 1 aromatic heterocycles. The Morgan fingerprint density at radius 3 is 2.70 bits per heavy atom. The first-order valence-corrected chi connectivity index (χ1v) is 6.96. The van der Waals surface area contributed by atoms with Crippen molar-refractivity contribution in [3.63, 3.8) is 0 Å². The maximum atomic E-state index is 12.4. The van der Waals surface area contributed by atoms with Crippen LogP contribution in [0.5, 0.6) is 5.75 Å². The number of nitrogen functional groups attached to an aromatic ring is 1. The molecule has 1 heterocycles. The summed E-state index contributed by atoms with van der Waals surface area (Å²) in [5.74, 6) is 1.02. The van der Waals surface area contributed by atoms with Gasteiger partial charge in [-0.3, -0.25) is 9.89 Å². The van der Waals surface area contributed by atoms with Crippen molar-refractivity contribution in [1.82, 2.24) is 9.78 Å².